The Hall–Kier alpha value is -4.77. The average Bonchev–Trinajstić information content (AvgIpc) is 3.57. The van der Waals surface area contributed by atoms with Crippen LogP contribution in [0, 0.1) is 0 Å². The first-order valence-corrected chi connectivity index (χ1v) is 13.4. The van der Waals surface area contributed by atoms with Crippen LogP contribution in [0.2, 0.25) is 0 Å². The number of hydrogen-bond donors (Lipinski definition) is 3. The molecule has 0 radical (unpaired) electrons. The smallest absolute Gasteiger partial charge is 0.258 e. The molecule has 4 aromatic rings. The van der Waals surface area contributed by atoms with Crippen LogP contribution in [0.5, 0.6) is 23.0 Å². The third-order valence-corrected chi connectivity index (χ3v) is 7.25. The van der Waals surface area contributed by atoms with Crippen LogP contribution in [0.3, 0.4) is 0 Å². The molecule has 2 atom stereocenters. The third kappa shape index (κ3) is 5.75. The molecule has 1 fully saturated rings. The number of ether oxygens (including phenoxy) is 4. The number of nitrogens with zero attached hydrogens (tertiary/aromatic N) is 2. The first-order chi connectivity index (χ1) is 20.0. The summed E-state index contributed by atoms with van der Waals surface area (Å²) in [5.74, 6) is 2.04. The van der Waals surface area contributed by atoms with Crippen molar-refractivity contribution in [3.63, 3.8) is 0 Å². The molecule has 0 unspecified atom stereocenters. The van der Waals surface area contributed by atoms with E-state index in [2.05, 4.69) is 20.5 Å². The van der Waals surface area contributed by atoms with E-state index in [-0.39, 0.29) is 37.1 Å². The highest BCUT2D eigenvalue weighted by Gasteiger charge is 2.37. The van der Waals surface area contributed by atoms with Crippen molar-refractivity contribution in [3.8, 4) is 23.0 Å². The molecule has 3 aliphatic heterocycles. The molecule has 11 heteroatoms. The number of nitrogens with one attached hydrogen (secondary N) is 3. The zero-order valence-corrected chi connectivity index (χ0v) is 22.8. The van der Waals surface area contributed by atoms with Gasteiger partial charge in [-0.15, -0.1) is 0 Å². The van der Waals surface area contributed by atoms with Crippen molar-refractivity contribution in [2.75, 3.05) is 33.9 Å². The molecule has 1 aromatic heterocycles. The van der Waals surface area contributed by atoms with Crippen LogP contribution in [0.25, 0.3) is 11.0 Å². The summed E-state index contributed by atoms with van der Waals surface area (Å²) in [6, 6.07) is 18.0. The lowest BCUT2D eigenvalue weighted by Crippen LogP contribution is -2.45. The van der Waals surface area contributed by atoms with Crippen molar-refractivity contribution >= 4 is 22.8 Å². The Balaban J connectivity index is 1.30. The van der Waals surface area contributed by atoms with E-state index < -0.39 is 0 Å². The maximum Gasteiger partial charge on any atom is 0.258 e. The fourth-order valence-corrected chi connectivity index (χ4v) is 5.19. The Morgan fingerprint density at radius 3 is 2.66 bits per heavy atom. The van der Waals surface area contributed by atoms with Gasteiger partial charge < -0.3 is 34.6 Å². The van der Waals surface area contributed by atoms with E-state index in [4.69, 9.17) is 23.9 Å². The molecule has 212 valence electrons. The number of carbonyl (C=O) groups is 2. The van der Waals surface area contributed by atoms with Crippen LogP contribution < -0.4 is 29.6 Å². The van der Waals surface area contributed by atoms with Crippen molar-refractivity contribution in [2.45, 2.75) is 25.2 Å². The molecule has 7 rings (SSSR count). The minimum absolute atomic E-state index is 0.235. The van der Waals surface area contributed by atoms with E-state index in [1.54, 1.807) is 25.3 Å². The number of rotatable bonds is 4. The Morgan fingerprint density at radius 1 is 0.976 bits per heavy atom. The maximum absolute atomic E-state index is 13.5. The fourth-order valence-electron chi connectivity index (χ4n) is 5.19. The van der Waals surface area contributed by atoms with Gasteiger partial charge in [-0.1, -0.05) is 18.2 Å². The summed E-state index contributed by atoms with van der Waals surface area (Å²) < 4.78 is 23.2. The minimum atomic E-state index is -0.368. The highest BCUT2D eigenvalue weighted by molar-refractivity contribution is 5.95. The minimum Gasteiger partial charge on any atom is -0.493 e. The molecule has 4 bridgehead atoms. The van der Waals surface area contributed by atoms with Gasteiger partial charge in [0.15, 0.2) is 29.6 Å². The summed E-state index contributed by atoms with van der Waals surface area (Å²) in [4.78, 5) is 36.2. The highest BCUT2D eigenvalue weighted by Crippen LogP contribution is 2.32. The standard InChI is InChI=1S/C30H31N5O6/c1-38-23-10-8-19-12-26(23)40-17-29(36)31-13-18-7-9-24(25(11-18)39-2)41-27-15-35(14-22(27)34-30(19)37)16-28-32-20-5-3-4-6-21(20)33-28/h3-12,22,27H,13-17H2,1-2H3,(H,31,36)(H,32,33)(H,34,37)/t22-,27-/m0/s1. The van der Waals surface area contributed by atoms with Crippen LogP contribution in [0.4, 0.5) is 0 Å². The van der Waals surface area contributed by atoms with Crippen molar-refractivity contribution in [1.29, 1.82) is 0 Å². The summed E-state index contributed by atoms with van der Waals surface area (Å²) >= 11 is 0. The van der Waals surface area contributed by atoms with Crippen molar-refractivity contribution in [1.82, 2.24) is 25.5 Å². The number of aromatic nitrogens is 2. The normalized spacial score (nSPS) is 19.5. The molecule has 3 N–H and O–H groups in total. The Morgan fingerprint density at radius 2 is 1.83 bits per heavy atom. The Bertz CT molecular complexity index is 1550. The second-order valence-electron chi connectivity index (χ2n) is 10.0. The number of imidazole rings is 1. The quantitative estimate of drug-likeness (QED) is 0.350. The number of H-pyrrole nitrogens is 1. The summed E-state index contributed by atoms with van der Waals surface area (Å²) in [6.45, 7) is 1.72. The van der Waals surface area contributed by atoms with Gasteiger partial charge in [0.2, 0.25) is 0 Å². The van der Waals surface area contributed by atoms with Crippen LogP contribution in [0.15, 0.2) is 60.7 Å². The van der Waals surface area contributed by atoms with E-state index in [1.165, 1.54) is 7.11 Å². The van der Waals surface area contributed by atoms with Gasteiger partial charge in [0.25, 0.3) is 11.8 Å². The second kappa shape index (κ2) is 11.4. The largest absolute Gasteiger partial charge is 0.493 e. The van der Waals surface area contributed by atoms with Gasteiger partial charge in [-0.25, -0.2) is 4.98 Å². The number of fused-ring (bicyclic) bond motifs is 8. The van der Waals surface area contributed by atoms with Crippen molar-refractivity contribution < 1.29 is 28.5 Å². The van der Waals surface area contributed by atoms with Crippen LogP contribution in [0.1, 0.15) is 21.7 Å². The maximum atomic E-state index is 13.5. The van der Waals surface area contributed by atoms with E-state index in [0.29, 0.717) is 48.2 Å². The molecule has 3 aromatic carbocycles. The zero-order valence-electron chi connectivity index (χ0n) is 22.8. The van der Waals surface area contributed by atoms with Crippen LogP contribution in [-0.4, -0.2) is 72.7 Å². The molecule has 0 saturated carbocycles. The molecule has 0 aliphatic carbocycles. The number of benzene rings is 3. The molecule has 3 aliphatic rings. The predicted molar refractivity (Wildman–Crippen MR) is 150 cm³/mol. The molecule has 41 heavy (non-hydrogen) atoms. The molecule has 2 amide bonds. The van der Waals surface area contributed by atoms with E-state index in [0.717, 1.165) is 22.4 Å². The molecule has 11 nitrogen and oxygen atoms in total. The Labute approximate surface area is 236 Å². The van der Waals surface area contributed by atoms with Gasteiger partial charge in [-0.2, -0.15) is 0 Å². The predicted octanol–water partition coefficient (Wildman–Crippen LogP) is 2.65. The number of hydrogen-bond acceptors (Lipinski definition) is 8. The number of amides is 2. The van der Waals surface area contributed by atoms with Gasteiger partial charge in [-0.05, 0) is 48.0 Å². The highest BCUT2D eigenvalue weighted by atomic mass is 16.5. The summed E-state index contributed by atoms with van der Waals surface area (Å²) in [6.07, 6.45) is -0.368. The first kappa shape index (κ1) is 26.5. The average molecular weight is 558 g/mol. The van der Waals surface area contributed by atoms with Gasteiger partial charge in [-0.3, -0.25) is 14.5 Å². The number of aromatic amines is 1. The zero-order chi connectivity index (χ0) is 28.3. The third-order valence-electron chi connectivity index (χ3n) is 7.25. The summed E-state index contributed by atoms with van der Waals surface area (Å²) in [5.41, 5.74) is 3.10. The monoisotopic (exact) mass is 557 g/mol. The van der Waals surface area contributed by atoms with Crippen LogP contribution >= 0.6 is 0 Å². The summed E-state index contributed by atoms with van der Waals surface area (Å²) in [5, 5.41) is 5.98. The topological polar surface area (TPSA) is 127 Å². The van der Waals surface area contributed by atoms with Crippen LogP contribution in [-0.2, 0) is 17.9 Å². The molecule has 1 saturated heterocycles. The molecule has 4 heterocycles. The lowest BCUT2D eigenvalue weighted by Gasteiger charge is -2.23. The van der Waals surface area contributed by atoms with Crippen molar-refractivity contribution in [3.05, 3.63) is 77.6 Å². The lowest BCUT2D eigenvalue weighted by atomic mass is 10.1. The summed E-state index contributed by atoms with van der Waals surface area (Å²) in [7, 11) is 3.08. The van der Waals surface area contributed by atoms with Gasteiger partial charge >= 0.3 is 0 Å². The van der Waals surface area contributed by atoms with E-state index in [1.807, 2.05) is 42.5 Å². The van der Waals surface area contributed by atoms with E-state index in [9.17, 15) is 9.59 Å². The van der Waals surface area contributed by atoms with Gasteiger partial charge in [0, 0.05) is 25.2 Å². The fraction of sp³-hybridized carbons (Fsp3) is 0.300. The Kier molecular flexibility index (Phi) is 7.34. The molecular formula is C30H31N5O6. The molecular weight excluding hydrogens is 526 g/mol. The van der Waals surface area contributed by atoms with Gasteiger partial charge in [0.1, 0.15) is 11.9 Å². The van der Waals surface area contributed by atoms with Crippen molar-refractivity contribution in [2.24, 2.45) is 0 Å². The number of methoxy groups -OCH3 is 2. The number of para-hydroxylation sites is 2. The van der Waals surface area contributed by atoms with E-state index >= 15 is 0 Å². The number of carbonyl (C=O) groups excluding carboxylic acids is 2. The lowest BCUT2D eigenvalue weighted by molar-refractivity contribution is -0.123. The van der Waals surface area contributed by atoms with Gasteiger partial charge in [0.05, 0.1) is 37.8 Å². The first-order valence-electron chi connectivity index (χ1n) is 13.4. The number of likely N-dealkylation sites (tertiary alicyclic amines) is 1. The molecule has 0 spiro atoms. The SMILES string of the molecule is COc1ccc2cc1OCC(=O)NCc1ccc(c(OC)c1)O[C@H]1CN(Cc3nc4ccccc4[nH]3)C[C@@H]1NC2=O. The second-order valence-corrected chi connectivity index (χ2v) is 10.0.